The van der Waals surface area contributed by atoms with Crippen LogP contribution in [0.5, 0.6) is 0 Å². The number of morpholine rings is 1. The second-order valence-corrected chi connectivity index (χ2v) is 6.68. The third-order valence-corrected chi connectivity index (χ3v) is 5.47. The Morgan fingerprint density at radius 1 is 1.39 bits per heavy atom. The van der Waals surface area contributed by atoms with Crippen molar-refractivity contribution in [3.63, 3.8) is 0 Å². The number of aryl methyl sites for hydroxylation is 1. The van der Waals surface area contributed by atoms with Gasteiger partial charge in [0.2, 0.25) is 0 Å². The number of ether oxygens (including phenoxy) is 1. The molecule has 1 aromatic heterocycles. The lowest BCUT2D eigenvalue weighted by molar-refractivity contribution is -0.0115. The van der Waals surface area contributed by atoms with Gasteiger partial charge in [-0.05, 0) is 12.8 Å². The monoisotopic (exact) mass is 272 g/mol. The van der Waals surface area contributed by atoms with Gasteiger partial charge < -0.3 is 15.0 Å². The van der Waals surface area contributed by atoms with Gasteiger partial charge in [0, 0.05) is 20.1 Å². The summed E-state index contributed by atoms with van der Waals surface area (Å²) in [5.41, 5.74) is 5.65. The summed E-state index contributed by atoms with van der Waals surface area (Å²) in [6, 6.07) is 0. The number of hydrogen-bond acceptors (Lipinski definition) is 5. The Hall–Kier alpha value is -1.12. The molecule has 8 heteroatoms. The molecule has 0 aliphatic carbocycles. The van der Waals surface area contributed by atoms with Crippen LogP contribution < -0.4 is 5.73 Å². The molecule has 3 heterocycles. The molecular formula is C10H16N4O3S. The van der Waals surface area contributed by atoms with Crippen LogP contribution in [0.25, 0.3) is 0 Å². The number of nitrogens with zero attached hydrogens (tertiary/aromatic N) is 3. The number of imidazole rings is 1. The second-order valence-electron chi connectivity index (χ2n) is 4.83. The van der Waals surface area contributed by atoms with Crippen LogP contribution in [0.1, 0.15) is 12.8 Å². The van der Waals surface area contributed by atoms with Crippen LogP contribution in [0.2, 0.25) is 0 Å². The van der Waals surface area contributed by atoms with E-state index in [0.717, 1.165) is 12.8 Å². The van der Waals surface area contributed by atoms with Gasteiger partial charge in [-0.1, -0.05) is 0 Å². The Morgan fingerprint density at radius 3 is 2.50 bits per heavy atom. The standard InChI is InChI=1S/C10H16N4O3S/c1-13-6-12-9(11)10(13)18(15,16)14-4-7-2-3-8(5-14)17-7/h6-8H,2-5,11H2,1H3. The number of aromatic nitrogens is 2. The number of nitrogen functional groups attached to an aromatic ring is 1. The first kappa shape index (κ1) is 11.9. The molecule has 7 nitrogen and oxygen atoms in total. The van der Waals surface area contributed by atoms with Gasteiger partial charge in [-0.3, -0.25) is 0 Å². The Balaban J connectivity index is 1.96. The van der Waals surface area contributed by atoms with Crippen molar-refractivity contribution in [2.24, 2.45) is 7.05 Å². The molecule has 1 aromatic rings. The van der Waals surface area contributed by atoms with E-state index in [1.807, 2.05) is 0 Å². The van der Waals surface area contributed by atoms with Crippen molar-refractivity contribution in [3.8, 4) is 0 Å². The highest BCUT2D eigenvalue weighted by Crippen LogP contribution is 2.30. The van der Waals surface area contributed by atoms with Crippen LogP contribution in [-0.4, -0.2) is 47.6 Å². The Morgan fingerprint density at radius 2 is 2.00 bits per heavy atom. The molecule has 2 saturated heterocycles. The minimum absolute atomic E-state index is 0.0213. The average molecular weight is 272 g/mol. The lowest BCUT2D eigenvalue weighted by atomic mass is 10.2. The summed E-state index contributed by atoms with van der Waals surface area (Å²) in [6.07, 6.45) is 3.31. The van der Waals surface area contributed by atoms with Crippen molar-refractivity contribution >= 4 is 15.8 Å². The fourth-order valence-electron chi connectivity index (χ4n) is 2.65. The van der Waals surface area contributed by atoms with Gasteiger partial charge >= 0.3 is 0 Å². The Kier molecular flexibility index (Phi) is 2.61. The summed E-state index contributed by atoms with van der Waals surface area (Å²) in [6.45, 7) is 0.812. The van der Waals surface area contributed by atoms with Gasteiger partial charge in [-0.2, -0.15) is 4.31 Å². The minimum Gasteiger partial charge on any atom is -0.381 e. The average Bonchev–Trinajstić information content (AvgIpc) is 2.82. The van der Waals surface area contributed by atoms with Crippen LogP contribution in [0, 0.1) is 0 Å². The number of fused-ring (bicyclic) bond motifs is 2. The van der Waals surface area contributed by atoms with E-state index in [1.165, 1.54) is 15.2 Å². The summed E-state index contributed by atoms with van der Waals surface area (Å²) >= 11 is 0. The number of sulfonamides is 1. The Labute approximate surface area is 106 Å². The highest BCUT2D eigenvalue weighted by atomic mass is 32.2. The fraction of sp³-hybridized carbons (Fsp3) is 0.700. The van der Waals surface area contributed by atoms with E-state index in [0.29, 0.717) is 13.1 Å². The van der Waals surface area contributed by atoms with Crippen molar-refractivity contribution in [1.82, 2.24) is 13.9 Å². The fourth-order valence-corrected chi connectivity index (χ4v) is 4.34. The second kappa shape index (κ2) is 3.94. The zero-order chi connectivity index (χ0) is 12.9. The number of nitrogens with two attached hydrogens (primary N) is 1. The SMILES string of the molecule is Cn1cnc(N)c1S(=O)(=O)N1CC2CCC(C1)O2. The molecule has 2 bridgehead atoms. The molecule has 2 unspecified atom stereocenters. The lowest BCUT2D eigenvalue weighted by Gasteiger charge is -2.31. The van der Waals surface area contributed by atoms with Crippen molar-refractivity contribution in [2.75, 3.05) is 18.8 Å². The molecular weight excluding hydrogens is 256 g/mol. The third kappa shape index (κ3) is 1.72. The van der Waals surface area contributed by atoms with Gasteiger partial charge in [0.25, 0.3) is 10.0 Å². The van der Waals surface area contributed by atoms with Crippen LogP contribution in [0.15, 0.2) is 11.4 Å². The van der Waals surface area contributed by atoms with Gasteiger partial charge in [0.1, 0.15) is 0 Å². The molecule has 2 aliphatic heterocycles. The molecule has 2 atom stereocenters. The maximum Gasteiger partial charge on any atom is 0.262 e. The number of anilines is 1. The molecule has 2 aliphatic rings. The third-order valence-electron chi connectivity index (χ3n) is 3.50. The minimum atomic E-state index is -3.58. The highest BCUT2D eigenvalue weighted by Gasteiger charge is 2.41. The molecule has 2 N–H and O–H groups in total. The molecule has 0 saturated carbocycles. The summed E-state index contributed by atoms with van der Waals surface area (Å²) in [7, 11) is -1.95. The van der Waals surface area contributed by atoms with Crippen LogP contribution in [0.3, 0.4) is 0 Å². The molecule has 3 rings (SSSR count). The van der Waals surface area contributed by atoms with Crippen LogP contribution in [-0.2, 0) is 21.8 Å². The van der Waals surface area contributed by atoms with E-state index in [9.17, 15) is 8.42 Å². The molecule has 18 heavy (non-hydrogen) atoms. The van der Waals surface area contributed by atoms with Gasteiger partial charge in [0.05, 0.1) is 18.5 Å². The zero-order valence-electron chi connectivity index (χ0n) is 10.1. The summed E-state index contributed by atoms with van der Waals surface area (Å²) < 4.78 is 33.6. The summed E-state index contributed by atoms with van der Waals surface area (Å²) in [5, 5.41) is 0.0730. The molecule has 2 fully saturated rings. The van der Waals surface area contributed by atoms with Crippen molar-refractivity contribution in [2.45, 2.75) is 30.1 Å². The van der Waals surface area contributed by atoms with Gasteiger partial charge in [-0.25, -0.2) is 13.4 Å². The van der Waals surface area contributed by atoms with E-state index in [1.54, 1.807) is 7.05 Å². The summed E-state index contributed by atoms with van der Waals surface area (Å²) in [5.74, 6) is 0.0522. The normalized spacial score (nSPS) is 28.7. The number of hydrogen-bond donors (Lipinski definition) is 1. The zero-order valence-corrected chi connectivity index (χ0v) is 10.9. The van der Waals surface area contributed by atoms with E-state index in [-0.39, 0.29) is 23.1 Å². The lowest BCUT2D eigenvalue weighted by Crippen LogP contribution is -2.46. The van der Waals surface area contributed by atoms with Crippen molar-refractivity contribution in [1.29, 1.82) is 0 Å². The van der Waals surface area contributed by atoms with E-state index < -0.39 is 10.0 Å². The molecule has 100 valence electrons. The summed E-state index contributed by atoms with van der Waals surface area (Å²) in [4.78, 5) is 3.83. The highest BCUT2D eigenvalue weighted by molar-refractivity contribution is 7.89. The molecule has 0 aromatic carbocycles. The predicted molar refractivity (Wildman–Crippen MR) is 64.3 cm³/mol. The predicted octanol–water partition coefficient (Wildman–Crippen LogP) is -0.446. The first-order valence-electron chi connectivity index (χ1n) is 5.91. The van der Waals surface area contributed by atoms with Crippen LogP contribution >= 0.6 is 0 Å². The Bertz CT molecular complexity index is 536. The van der Waals surface area contributed by atoms with E-state index in [4.69, 9.17) is 10.5 Å². The first-order chi connectivity index (χ1) is 8.48. The van der Waals surface area contributed by atoms with E-state index in [2.05, 4.69) is 4.98 Å². The largest absolute Gasteiger partial charge is 0.381 e. The van der Waals surface area contributed by atoms with Gasteiger partial charge in [0.15, 0.2) is 10.8 Å². The molecule has 0 amide bonds. The van der Waals surface area contributed by atoms with Gasteiger partial charge in [-0.15, -0.1) is 0 Å². The number of rotatable bonds is 2. The van der Waals surface area contributed by atoms with Crippen molar-refractivity contribution in [3.05, 3.63) is 6.33 Å². The molecule has 0 radical (unpaired) electrons. The van der Waals surface area contributed by atoms with Crippen molar-refractivity contribution < 1.29 is 13.2 Å². The topological polar surface area (TPSA) is 90.5 Å². The van der Waals surface area contributed by atoms with Crippen LogP contribution in [0.4, 0.5) is 5.82 Å². The molecule has 0 spiro atoms. The first-order valence-corrected chi connectivity index (χ1v) is 7.35. The maximum atomic E-state index is 12.5. The van der Waals surface area contributed by atoms with E-state index >= 15 is 0 Å². The smallest absolute Gasteiger partial charge is 0.262 e. The quantitative estimate of drug-likeness (QED) is 0.787. The maximum absolute atomic E-state index is 12.5.